The first-order valence-electron chi connectivity index (χ1n) is 4.28. The van der Waals surface area contributed by atoms with Gasteiger partial charge in [-0.25, -0.2) is 0 Å². The minimum Gasteiger partial charge on any atom is -0.393 e. The van der Waals surface area contributed by atoms with Crippen LogP contribution in [-0.4, -0.2) is 29.2 Å². The third-order valence-corrected chi connectivity index (χ3v) is 2.43. The molecule has 1 heterocycles. The van der Waals surface area contributed by atoms with E-state index >= 15 is 0 Å². The summed E-state index contributed by atoms with van der Waals surface area (Å²) in [6.07, 6.45) is 4.04. The Bertz CT molecular complexity index is 134. The molecule has 0 spiro atoms. The van der Waals surface area contributed by atoms with Crippen molar-refractivity contribution < 1.29 is 5.11 Å². The Morgan fingerprint density at radius 3 is 3.00 bits per heavy atom. The molecule has 0 unspecified atom stereocenters. The third-order valence-electron chi connectivity index (χ3n) is 2.43. The number of aliphatic hydroxyl groups is 1. The first kappa shape index (κ1) is 8.60. The maximum Gasteiger partial charge on any atom is 0.0557 e. The lowest BCUT2D eigenvalue weighted by atomic mass is 9.94. The highest BCUT2D eigenvalue weighted by Gasteiger charge is 2.20. The highest BCUT2D eigenvalue weighted by Crippen LogP contribution is 2.19. The molecule has 2 atom stereocenters. The van der Waals surface area contributed by atoms with Crippen molar-refractivity contribution in [3.05, 3.63) is 12.8 Å². The lowest BCUT2D eigenvalue weighted by Gasteiger charge is -2.33. The first-order chi connectivity index (χ1) is 5.24. The van der Waals surface area contributed by atoms with Crippen LogP contribution in [0, 0.1) is 5.92 Å². The standard InChI is InChI=1S/C9H17NO/c1-3-10-6-4-5-9(7-10)8(2)11/h3,8-9,11H,1,4-7H2,2H3/t8-,9-/m0/s1. The highest BCUT2D eigenvalue weighted by atomic mass is 16.3. The quantitative estimate of drug-likeness (QED) is 0.648. The molecule has 1 saturated heterocycles. The molecule has 0 radical (unpaired) electrons. The van der Waals surface area contributed by atoms with Crippen LogP contribution in [0.15, 0.2) is 12.8 Å². The maximum atomic E-state index is 9.33. The third kappa shape index (κ3) is 2.22. The second kappa shape index (κ2) is 3.77. The molecular weight excluding hydrogens is 138 g/mol. The fourth-order valence-corrected chi connectivity index (χ4v) is 1.60. The number of hydrogen-bond donors (Lipinski definition) is 1. The summed E-state index contributed by atoms with van der Waals surface area (Å²) in [6.45, 7) is 7.67. The minimum absolute atomic E-state index is 0.169. The van der Waals surface area contributed by atoms with E-state index in [1.54, 1.807) is 0 Å². The van der Waals surface area contributed by atoms with E-state index in [2.05, 4.69) is 11.5 Å². The molecule has 1 aliphatic heterocycles. The smallest absolute Gasteiger partial charge is 0.0557 e. The number of hydrogen-bond acceptors (Lipinski definition) is 2. The van der Waals surface area contributed by atoms with Crippen LogP contribution in [0.25, 0.3) is 0 Å². The average molecular weight is 155 g/mol. The van der Waals surface area contributed by atoms with Gasteiger partial charge in [-0.1, -0.05) is 6.58 Å². The molecule has 11 heavy (non-hydrogen) atoms. The van der Waals surface area contributed by atoms with Crippen molar-refractivity contribution in [2.24, 2.45) is 5.92 Å². The second-order valence-electron chi connectivity index (χ2n) is 3.32. The molecule has 2 nitrogen and oxygen atoms in total. The van der Waals surface area contributed by atoms with Crippen molar-refractivity contribution in [2.45, 2.75) is 25.9 Å². The molecule has 0 amide bonds. The van der Waals surface area contributed by atoms with E-state index in [0.29, 0.717) is 5.92 Å². The van der Waals surface area contributed by atoms with Crippen molar-refractivity contribution in [3.63, 3.8) is 0 Å². The zero-order chi connectivity index (χ0) is 8.27. The summed E-state index contributed by atoms with van der Waals surface area (Å²) >= 11 is 0. The lowest BCUT2D eigenvalue weighted by Crippen LogP contribution is -2.36. The van der Waals surface area contributed by atoms with E-state index in [0.717, 1.165) is 19.5 Å². The van der Waals surface area contributed by atoms with Crippen LogP contribution in [0.1, 0.15) is 19.8 Å². The van der Waals surface area contributed by atoms with E-state index in [-0.39, 0.29) is 6.10 Å². The van der Waals surface area contributed by atoms with Crippen LogP contribution in [0.2, 0.25) is 0 Å². The molecule has 0 aromatic rings. The van der Waals surface area contributed by atoms with Crippen LogP contribution >= 0.6 is 0 Å². The fourth-order valence-electron chi connectivity index (χ4n) is 1.60. The predicted octanol–water partition coefficient (Wildman–Crippen LogP) is 1.22. The van der Waals surface area contributed by atoms with Crippen LogP contribution in [-0.2, 0) is 0 Å². The Kier molecular flexibility index (Phi) is 2.94. The van der Waals surface area contributed by atoms with Gasteiger partial charge >= 0.3 is 0 Å². The molecular formula is C9H17NO. The Hall–Kier alpha value is -0.500. The van der Waals surface area contributed by atoms with Gasteiger partial charge in [0.2, 0.25) is 0 Å². The summed E-state index contributed by atoms with van der Waals surface area (Å²) in [4.78, 5) is 2.18. The zero-order valence-corrected chi connectivity index (χ0v) is 7.16. The maximum absolute atomic E-state index is 9.33. The Morgan fingerprint density at radius 1 is 1.73 bits per heavy atom. The van der Waals surface area contributed by atoms with Gasteiger partial charge in [-0.15, -0.1) is 0 Å². The Morgan fingerprint density at radius 2 is 2.45 bits per heavy atom. The molecule has 0 saturated carbocycles. The lowest BCUT2D eigenvalue weighted by molar-refractivity contribution is 0.0795. The molecule has 1 aliphatic rings. The second-order valence-corrected chi connectivity index (χ2v) is 3.32. The summed E-state index contributed by atoms with van der Waals surface area (Å²) in [5, 5.41) is 9.33. The van der Waals surface area contributed by atoms with Crippen LogP contribution in [0.5, 0.6) is 0 Å². The van der Waals surface area contributed by atoms with Gasteiger partial charge in [0.05, 0.1) is 6.10 Å². The topological polar surface area (TPSA) is 23.5 Å². The van der Waals surface area contributed by atoms with Gasteiger partial charge in [0.25, 0.3) is 0 Å². The van der Waals surface area contributed by atoms with Crippen LogP contribution < -0.4 is 0 Å². The molecule has 1 fully saturated rings. The van der Waals surface area contributed by atoms with Gasteiger partial charge in [-0.05, 0) is 26.0 Å². The van der Waals surface area contributed by atoms with Crippen molar-refractivity contribution in [1.29, 1.82) is 0 Å². The van der Waals surface area contributed by atoms with E-state index < -0.39 is 0 Å². The summed E-state index contributed by atoms with van der Waals surface area (Å²) in [6, 6.07) is 0. The molecule has 0 aromatic carbocycles. The molecule has 0 bridgehead atoms. The normalized spacial score (nSPS) is 28.2. The van der Waals surface area contributed by atoms with Gasteiger partial charge in [0, 0.05) is 19.0 Å². The van der Waals surface area contributed by atoms with Crippen molar-refractivity contribution in [1.82, 2.24) is 4.90 Å². The monoisotopic (exact) mass is 155 g/mol. The van der Waals surface area contributed by atoms with Gasteiger partial charge in [-0.3, -0.25) is 0 Å². The number of likely N-dealkylation sites (tertiary alicyclic amines) is 1. The van der Waals surface area contributed by atoms with E-state index in [1.165, 1.54) is 6.42 Å². The van der Waals surface area contributed by atoms with Crippen LogP contribution in [0.3, 0.4) is 0 Å². The van der Waals surface area contributed by atoms with Crippen LogP contribution in [0.4, 0.5) is 0 Å². The summed E-state index contributed by atoms with van der Waals surface area (Å²) in [5.41, 5.74) is 0. The molecule has 64 valence electrons. The molecule has 2 heteroatoms. The highest BCUT2D eigenvalue weighted by molar-refractivity contribution is 4.81. The summed E-state index contributed by atoms with van der Waals surface area (Å²) in [5.74, 6) is 0.446. The van der Waals surface area contributed by atoms with Gasteiger partial charge in [0.15, 0.2) is 0 Å². The SMILES string of the molecule is C=CN1CCC[C@H]([C@H](C)O)C1. The summed E-state index contributed by atoms with van der Waals surface area (Å²) in [7, 11) is 0. The van der Waals surface area contributed by atoms with E-state index in [4.69, 9.17) is 0 Å². The predicted molar refractivity (Wildman–Crippen MR) is 46.2 cm³/mol. The molecule has 1 rings (SSSR count). The minimum atomic E-state index is -0.169. The van der Waals surface area contributed by atoms with Crippen molar-refractivity contribution in [2.75, 3.05) is 13.1 Å². The number of aliphatic hydroxyl groups excluding tert-OH is 1. The van der Waals surface area contributed by atoms with Crippen molar-refractivity contribution >= 4 is 0 Å². The molecule has 0 aromatic heterocycles. The number of piperidine rings is 1. The van der Waals surface area contributed by atoms with E-state index in [9.17, 15) is 5.11 Å². The number of nitrogens with zero attached hydrogens (tertiary/aromatic N) is 1. The Balaban J connectivity index is 2.39. The molecule has 0 aliphatic carbocycles. The van der Waals surface area contributed by atoms with Gasteiger partial charge in [-0.2, -0.15) is 0 Å². The number of rotatable bonds is 2. The largest absolute Gasteiger partial charge is 0.393 e. The van der Waals surface area contributed by atoms with Crippen molar-refractivity contribution in [3.8, 4) is 0 Å². The molecule has 1 N–H and O–H groups in total. The zero-order valence-electron chi connectivity index (χ0n) is 7.16. The average Bonchev–Trinajstić information content (AvgIpc) is 2.05. The van der Waals surface area contributed by atoms with E-state index in [1.807, 2.05) is 13.1 Å². The summed E-state index contributed by atoms with van der Waals surface area (Å²) < 4.78 is 0. The fraction of sp³-hybridized carbons (Fsp3) is 0.778. The van der Waals surface area contributed by atoms with Gasteiger partial charge in [0.1, 0.15) is 0 Å². The van der Waals surface area contributed by atoms with Gasteiger partial charge < -0.3 is 10.0 Å². The Labute approximate surface area is 68.5 Å². The first-order valence-corrected chi connectivity index (χ1v) is 4.28.